The summed E-state index contributed by atoms with van der Waals surface area (Å²) in [5.74, 6) is 1.51. The van der Waals surface area contributed by atoms with Gasteiger partial charge in [-0.25, -0.2) is 0 Å². The van der Waals surface area contributed by atoms with Crippen LogP contribution in [0.3, 0.4) is 0 Å². The summed E-state index contributed by atoms with van der Waals surface area (Å²) in [4.78, 5) is 12.6. The molecule has 0 saturated carbocycles. The number of aryl methyl sites for hydroxylation is 1. The number of aromatic amines is 1. The summed E-state index contributed by atoms with van der Waals surface area (Å²) in [7, 11) is 0. The Labute approximate surface area is 144 Å². The van der Waals surface area contributed by atoms with Gasteiger partial charge in [-0.3, -0.25) is 9.89 Å². The third kappa shape index (κ3) is 2.61. The zero-order valence-corrected chi connectivity index (χ0v) is 13.9. The fourth-order valence-electron chi connectivity index (χ4n) is 3.09. The van der Waals surface area contributed by atoms with Gasteiger partial charge in [-0.2, -0.15) is 5.10 Å². The average molecular weight is 342 g/mol. The van der Waals surface area contributed by atoms with E-state index in [0.29, 0.717) is 29.2 Å². The number of ketones is 1. The van der Waals surface area contributed by atoms with Gasteiger partial charge in [-0.1, -0.05) is 17.7 Å². The van der Waals surface area contributed by atoms with Crippen molar-refractivity contribution in [3.8, 4) is 0 Å². The summed E-state index contributed by atoms with van der Waals surface area (Å²) in [6.45, 7) is 1.95. The molecule has 1 aliphatic carbocycles. The van der Waals surface area contributed by atoms with E-state index >= 15 is 0 Å². The number of halogens is 1. The fraction of sp³-hybridized carbons (Fsp3) is 0.222. The zero-order chi connectivity index (χ0) is 16.7. The number of fused-ring (bicyclic) bond motifs is 1. The molecular formula is C18H16ClN3O2. The van der Waals surface area contributed by atoms with Crippen LogP contribution in [0.2, 0.25) is 5.02 Å². The van der Waals surface area contributed by atoms with Gasteiger partial charge in [0, 0.05) is 35.2 Å². The highest BCUT2D eigenvalue weighted by atomic mass is 35.5. The molecule has 5 nitrogen and oxygen atoms in total. The molecule has 122 valence electrons. The second kappa shape index (κ2) is 5.83. The van der Waals surface area contributed by atoms with E-state index in [0.717, 1.165) is 22.7 Å². The molecular weight excluding hydrogens is 326 g/mol. The molecule has 0 radical (unpaired) electrons. The van der Waals surface area contributed by atoms with E-state index < -0.39 is 0 Å². The Hall–Kier alpha value is -2.53. The first-order chi connectivity index (χ1) is 11.6. The van der Waals surface area contributed by atoms with Gasteiger partial charge >= 0.3 is 0 Å². The van der Waals surface area contributed by atoms with Crippen molar-refractivity contribution >= 4 is 28.9 Å². The molecule has 4 rings (SSSR count). The first-order valence-electron chi connectivity index (χ1n) is 7.79. The predicted octanol–water partition coefficient (Wildman–Crippen LogP) is 4.62. The number of hydrogen-bond donors (Lipinski definition) is 2. The van der Waals surface area contributed by atoms with Gasteiger partial charge < -0.3 is 9.73 Å². The molecule has 2 heterocycles. The number of furan rings is 1. The molecule has 0 aliphatic heterocycles. The second-order valence-electron chi connectivity index (χ2n) is 6.06. The number of carbonyl (C=O) groups is 1. The summed E-state index contributed by atoms with van der Waals surface area (Å²) < 4.78 is 5.45. The number of nitrogens with one attached hydrogen (secondary N) is 2. The number of benzene rings is 1. The Balaban J connectivity index is 1.62. The van der Waals surface area contributed by atoms with Crippen LogP contribution in [0.1, 0.15) is 39.7 Å². The zero-order valence-electron chi connectivity index (χ0n) is 13.1. The third-order valence-electron chi connectivity index (χ3n) is 4.38. The summed E-state index contributed by atoms with van der Waals surface area (Å²) in [6, 6.07) is 9.43. The van der Waals surface area contributed by atoms with Crippen LogP contribution < -0.4 is 5.32 Å². The molecule has 2 aromatic heterocycles. The van der Waals surface area contributed by atoms with Crippen LogP contribution in [-0.2, 0) is 6.42 Å². The minimum absolute atomic E-state index is 0.0575. The second-order valence-corrected chi connectivity index (χ2v) is 6.47. The molecule has 6 heteroatoms. The normalized spacial score (nSPS) is 16.9. The Morgan fingerprint density at radius 3 is 2.96 bits per heavy atom. The number of nitrogens with zero attached hydrogens (tertiary/aromatic N) is 1. The number of carbonyl (C=O) groups excluding carboxylic acids is 1. The molecule has 24 heavy (non-hydrogen) atoms. The van der Waals surface area contributed by atoms with Crippen molar-refractivity contribution < 1.29 is 9.21 Å². The number of H-pyrrole nitrogens is 1. The van der Waals surface area contributed by atoms with Crippen molar-refractivity contribution in [1.82, 2.24) is 10.2 Å². The number of hydrogen-bond acceptors (Lipinski definition) is 4. The van der Waals surface area contributed by atoms with Crippen molar-refractivity contribution in [2.75, 3.05) is 5.32 Å². The highest BCUT2D eigenvalue weighted by Gasteiger charge is 2.32. The molecule has 0 bridgehead atoms. The van der Waals surface area contributed by atoms with E-state index in [4.69, 9.17) is 16.0 Å². The molecule has 0 fully saturated rings. The summed E-state index contributed by atoms with van der Waals surface area (Å²) in [5.41, 5.74) is 3.28. The topological polar surface area (TPSA) is 70.9 Å². The van der Waals surface area contributed by atoms with Gasteiger partial charge in [0.05, 0.1) is 11.8 Å². The van der Waals surface area contributed by atoms with Crippen molar-refractivity contribution in [1.29, 1.82) is 0 Å². The quantitative estimate of drug-likeness (QED) is 0.729. The maximum absolute atomic E-state index is 12.6. The molecule has 1 aliphatic rings. The van der Waals surface area contributed by atoms with Gasteiger partial charge in [0.25, 0.3) is 0 Å². The average Bonchev–Trinajstić information content (AvgIpc) is 3.21. The first-order valence-corrected chi connectivity index (χ1v) is 8.16. The maximum Gasteiger partial charge on any atom is 0.169 e. The van der Waals surface area contributed by atoms with Crippen molar-refractivity contribution in [3.63, 3.8) is 0 Å². The Bertz CT molecular complexity index is 899. The molecule has 1 atom stereocenters. The Morgan fingerprint density at radius 1 is 1.33 bits per heavy atom. The number of Topliss-reactive ketones (excluding diaryl/α,β-unsaturated/α-hetero) is 1. The Kier molecular flexibility index (Phi) is 3.65. The minimum Gasteiger partial charge on any atom is -0.469 e. The van der Waals surface area contributed by atoms with Gasteiger partial charge in [0.1, 0.15) is 5.76 Å². The van der Waals surface area contributed by atoms with Crippen molar-refractivity contribution in [2.45, 2.75) is 25.7 Å². The summed E-state index contributed by atoms with van der Waals surface area (Å²) >= 11 is 6.16. The highest BCUT2D eigenvalue weighted by molar-refractivity contribution is 6.31. The predicted molar refractivity (Wildman–Crippen MR) is 92.2 cm³/mol. The summed E-state index contributed by atoms with van der Waals surface area (Å²) in [5, 5.41) is 11.1. The largest absolute Gasteiger partial charge is 0.469 e. The van der Waals surface area contributed by atoms with Gasteiger partial charge in [-0.15, -0.1) is 0 Å². The van der Waals surface area contributed by atoms with Gasteiger partial charge in [0.15, 0.2) is 11.6 Å². The van der Waals surface area contributed by atoms with E-state index in [1.807, 2.05) is 37.3 Å². The summed E-state index contributed by atoms with van der Waals surface area (Å²) in [6.07, 6.45) is 2.76. The number of rotatable bonds is 3. The van der Waals surface area contributed by atoms with Crippen molar-refractivity contribution in [3.05, 3.63) is 64.2 Å². The van der Waals surface area contributed by atoms with Crippen LogP contribution in [-0.4, -0.2) is 16.0 Å². The lowest BCUT2D eigenvalue weighted by molar-refractivity contribution is 0.0961. The lowest BCUT2D eigenvalue weighted by Gasteiger charge is -2.19. The number of anilines is 2. The van der Waals surface area contributed by atoms with Crippen LogP contribution in [0.4, 0.5) is 11.5 Å². The monoisotopic (exact) mass is 341 g/mol. The van der Waals surface area contributed by atoms with E-state index in [9.17, 15) is 4.79 Å². The molecule has 3 aromatic rings. The first kappa shape index (κ1) is 15.0. The SMILES string of the molecule is Cc1ccc(Nc2n[nH]c3c2C(=O)CC(c2ccco2)C3)cc1Cl. The Morgan fingerprint density at radius 2 is 2.21 bits per heavy atom. The fourth-order valence-corrected chi connectivity index (χ4v) is 3.27. The van der Waals surface area contributed by atoms with Crippen molar-refractivity contribution in [2.24, 2.45) is 0 Å². The van der Waals surface area contributed by atoms with Crippen LogP contribution in [0, 0.1) is 6.92 Å². The minimum atomic E-state index is 0.0575. The molecule has 1 aromatic carbocycles. The third-order valence-corrected chi connectivity index (χ3v) is 4.79. The molecule has 2 N–H and O–H groups in total. The van der Waals surface area contributed by atoms with Crippen LogP contribution in [0.15, 0.2) is 41.0 Å². The standard InChI is InChI=1S/C18H16ClN3O2/c1-10-4-5-12(9-13(10)19)20-18-17-14(21-22-18)7-11(8-15(17)23)16-3-2-6-24-16/h2-6,9,11H,7-8H2,1H3,(H2,20,21,22). The molecule has 0 amide bonds. The lowest BCUT2D eigenvalue weighted by Crippen LogP contribution is -2.18. The lowest BCUT2D eigenvalue weighted by atomic mass is 9.85. The van der Waals surface area contributed by atoms with Gasteiger partial charge in [0.2, 0.25) is 0 Å². The van der Waals surface area contributed by atoms with E-state index in [2.05, 4.69) is 15.5 Å². The van der Waals surface area contributed by atoms with E-state index in [1.165, 1.54) is 0 Å². The van der Waals surface area contributed by atoms with Crippen LogP contribution in [0.5, 0.6) is 0 Å². The molecule has 1 unspecified atom stereocenters. The van der Waals surface area contributed by atoms with Crippen LogP contribution >= 0.6 is 11.6 Å². The highest BCUT2D eigenvalue weighted by Crippen LogP contribution is 2.35. The molecule has 0 saturated heterocycles. The smallest absolute Gasteiger partial charge is 0.169 e. The number of aromatic nitrogens is 2. The van der Waals surface area contributed by atoms with Crippen LogP contribution in [0.25, 0.3) is 0 Å². The van der Waals surface area contributed by atoms with E-state index in [-0.39, 0.29) is 11.7 Å². The van der Waals surface area contributed by atoms with Gasteiger partial charge in [-0.05, 0) is 36.8 Å². The van der Waals surface area contributed by atoms with E-state index in [1.54, 1.807) is 6.26 Å². The molecule has 0 spiro atoms. The maximum atomic E-state index is 12.6.